The van der Waals surface area contributed by atoms with Crippen LogP contribution in [0, 0.1) is 6.92 Å². The van der Waals surface area contributed by atoms with Crippen LogP contribution in [0.3, 0.4) is 0 Å². The summed E-state index contributed by atoms with van der Waals surface area (Å²) in [7, 11) is -2.15. The van der Waals surface area contributed by atoms with Gasteiger partial charge in [0.15, 0.2) is 0 Å². The molecule has 3 heterocycles. The summed E-state index contributed by atoms with van der Waals surface area (Å²) in [5.41, 5.74) is 4.91. The molecule has 0 aliphatic carbocycles. The van der Waals surface area contributed by atoms with Gasteiger partial charge in [0.25, 0.3) is 0 Å². The molecule has 2 aliphatic heterocycles. The summed E-state index contributed by atoms with van der Waals surface area (Å²) >= 11 is 0. The Morgan fingerprint density at radius 3 is 2.54 bits per heavy atom. The van der Waals surface area contributed by atoms with Crippen molar-refractivity contribution < 1.29 is 27.7 Å². The Hall–Kier alpha value is -3.81. The molecule has 1 N–H and O–H groups in total. The summed E-state index contributed by atoms with van der Waals surface area (Å²) in [6.07, 6.45) is 5.62. The Balaban J connectivity index is 1.32. The maximum Gasteiger partial charge on any atom is 0.243 e. The van der Waals surface area contributed by atoms with Gasteiger partial charge in [-0.15, -0.1) is 0 Å². The summed E-state index contributed by atoms with van der Waals surface area (Å²) in [5, 5.41) is 14.2. The molecular formula is C38H49N5O6S. The van der Waals surface area contributed by atoms with E-state index in [4.69, 9.17) is 14.2 Å². The van der Waals surface area contributed by atoms with E-state index in [1.54, 1.807) is 29.9 Å². The van der Waals surface area contributed by atoms with E-state index in [1.807, 2.05) is 60.1 Å². The van der Waals surface area contributed by atoms with Crippen molar-refractivity contribution in [2.24, 2.45) is 0 Å². The monoisotopic (exact) mass is 703 g/mol. The minimum Gasteiger partial charge on any atom is -0.490 e. The summed E-state index contributed by atoms with van der Waals surface area (Å²) in [6, 6.07) is 20.8. The molecule has 1 aromatic heterocycles. The third-order valence-electron chi connectivity index (χ3n) is 10.0. The van der Waals surface area contributed by atoms with Crippen LogP contribution in [0.25, 0.3) is 0 Å². The zero-order valence-corrected chi connectivity index (χ0v) is 30.0. The van der Waals surface area contributed by atoms with Gasteiger partial charge in [-0.05, 0) is 73.6 Å². The lowest BCUT2D eigenvalue weighted by molar-refractivity contribution is -0.0227. The molecule has 12 heteroatoms. The molecule has 0 spiro atoms. The number of piperidine rings is 1. The fraction of sp³-hybridized carbons (Fsp3) is 0.474. The summed E-state index contributed by atoms with van der Waals surface area (Å²) in [6.45, 7) is 7.50. The lowest BCUT2D eigenvalue weighted by Crippen LogP contribution is -2.52. The minimum atomic E-state index is -3.87. The van der Waals surface area contributed by atoms with Gasteiger partial charge in [0.05, 0.1) is 42.5 Å². The van der Waals surface area contributed by atoms with Crippen LogP contribution < -0.4 is 9.64 Å². The molecule has 4 aromatic rings. The van der Waals surface area contributed by atoms with Gasteiger partial charge in [-0.25, -0.2) is 18.1 Å². The third kappa shape index (κ3) is 8.21. The highest BCUT2D eigenvalue weighted by Crippen LogP contribution is 2.40. The average molecular weight is 704 g/mol. The topological polar surface area (TPSA) is 119 Å². The second-order valence-electron chi connectivity index (χ2n) is 13.3. The van der Waals surface area contributed by atoms with Crippen LogP contribution in [0.1, 0.15) is 66.8 Å². The lowest BCUT2D eigenvalue weighted by atomic mass is 9.82. The number of fused-ring (bicyclic) bond motifs is 1. The van der Waals surface area contributed by atoms with Crippen LogP contribution in [0.2, 0.25) is 0 Å². The number of hydrogen-bond acceptors (Lipinski definition) is 9. The van der Waals surface area contributed by atoms with Gasteiger partial charge in [-0.3, -0.25) is 0 Å². The molecule has 0 radical (unpaired) electrons. The highest BCUT2D eigenvalue weighted by molar-refractivity contribution is 7.89. The molecule has 0 bridgehead atoms. The Bertz CT molecular complexity index is 1770. The molecule has 1 fully saturated rings. The first-order valence-electron chi connectivity index (χ1n) is 17.5. The van der Waals surface area contributed by atoms with Crippen molar-refractivity contribution >= 4 is 15.7 Å². The van der Waals surface area contributed by atoms with Crippen molar-refractivity contribution in [2.45, 2.75) is 81.7 Å². The number of ether oxygens (including phenoxy) is 3. The molecule has 268 valence electrons. The number of aryl methyl sites for hydroxylation is 1. The number of rotatable bonds is 15. The van der Waals surface area contributed by atoms with E-state index in [1.165, 1.54) is 6.33 Å². The number of sulfonamides is 1. The van der Waals surface area contributed by atoms with Crippen molar-refractivity contribution in [1.82, 2.24) is 19.1 Å². The van der Waals surface area contributed by atoms with Gasteiger partial charge in [-0.1, -0.05) is 55.0 Å². The van der Waals surface area contributed by atoms with Crippen LogP contribution in [0.4, 0.5) is 5.69 Å². The Morgan fingerprint density at radius 2 is 1.84 bits per heavy atom. The molecule has 6 rings (SSSR count). The van der Waals surface area contributed by atoms with Crippen LogP contribution in [-0.4, -0.2) is 84.7 Å². The van der Waals surface area contributed by atoms with Crippen LogP contribution in [0.15, 0.2) is 84.3 Å². The van der Waals surface area contributed by atoms with Gasteiger partial charge in [0.2, 0.25) is 10.0 Å². The first-order chi connectivity index (χ1) is 24.3. The van der Waals surface area contributed by atoms with Gasteiger partial charge < -0.3 is 24.2 Å². The molecule has 0 unspecified atom stereocenters. The lowest BCUT2D eigenvalue weighted by Gasteiger charge is -2.44. The van der Waals surface area contributed by atoms with Gasteiger partial charge >= 0.3 is 0 Å². The number of aromatic nitrogens is 3. The molecule has 0 saturated carbocycles. The second kappa shape index (κ2) is 16.5. The van der Waals surface area contributed by atoms with Gasteiger partial charge in [0, 0.05) is 38.8 Å². The Kier molecular flexibility index (Phi) is 11.9. The molecule has 4 atom stereocenters. The Labute approximate surface area is 295 Å². The maximum atomic E-state index is 14.5. The SMILES string of the molecule is CC[C@H](C[C@H]1C[C@H](c2ccc(CO)cc2)[C@@H](OCc2ccc3c(c2)N(CCCOC)CCO3)CN1S(=O)(=O)c1ccc(C)cc1)n1cncn1. The summed E-state index contributed by atoms with van der Waals surface area (Å²) in [4.78, 5) is 6.76. The molecule has 1 saturated heterocycles. The number of nitrogens with zero attached hydrogens (tertiary/aromatic N) is 5. The largest absolute Gasteiger partial charge is 0.490 e. The molecule has 11 nitrogen and oxygen atoms in total. The third-order valence-corrected chi connectivity index (χ3v) is 11.9. The first kappa shape index (κ1) is 36.0. The maximum absolute atomic E-state index is 14.5. The molecule has 3 aromatic carbocycles. The smallest absolute Gasteiger partial charge is 0.243 e. The quantitative estimate of drug-likeness (QED) is 0.161. The van der Waals surface area contributed by atoms with Gasteiger partial charge in [-0.2, -0.15) is 9.40 Å². The van der Waals surface area contributed by atoms with Crippen LogP contribution in [-0.2, 0) is 32.7 Å². The normalized spacial score (nSPS) is 20.3. The van der Waals surface area contributed by atoms with Crippen molar-refractivity contribution in [2.75, 3.05) is 44.9 Å². The number of methoxy groups -OCH3 is 1. The van der Waals surface area contributed by atoms with Crippen LogP contribution in [0.5, 0.6) is 5.75 Å². The number of hydrogen-bond donors (Lipinski definition) is 1. The van der Waals surface area contributed by atoms with Crippen molar-refractivity contribution in [3.8, 4) is 5.75 Å². The zero-order chi connectivity index (χ0) is 35.1. The van der Waals surface area contributed by atoms with Crippen molar-refractivity contribution in [1.29, 1.82) is 0 Å². The average Bonchev–Trinajstić information content (AvgIpc) is 3.68. The standard InChI is InChI=1S/C38H49N5O6S/c1-4-32(42-27-39-26-40-42)21-33-22-35(31-11-8-29(24-44)9-12-31)38(23-43(33)50(45,46)34-13-6-28(2)7-14-34)49-25-30-10-15-37-36(20-30)41(17-19-48-37)16-5-18-47-3/h6-15,20,26-27,32-33,35,38,44H,4-5,16-19,21-25H2,1-3H3/t32-,33+,35-,38+/m1/s1. The minimum absolute atomic E-state index is 0.0300. The summed E-state index contributed by atoms with van der Waals surface area (Å²) in [5.74, 6) is 0.768. The van der Waals surface area contributed by atoms with E-state index < -0.39 is 16.1 Å². The molecule has 0 amide bonds. The molecule has 50 heavy (non-hydrogen) atoms. The van der Waals surface area contributed by atoms with Crippen molar-refractivity contribution in [3.05, 3.63) is 102 Å². The van der Waals surface area contributed by atoms with Gasteiger partial charge in [0.1, 0.15) is 25.0 Å². The molecular weight excluding hydrogens is 655 g/mol. The Morgan fingerprint density at radius 1 is 1.06 bits per heavy atom. The van der Waals surface area contributed by atoms with Crippen LogP contribution >= 0.6 is 0 Å². The first-order valence-corrected chi connectivity index (χ1v) is 19.0. The number of anilines is 1. The fourth-order valence-corrected chi connectivity index (χ4v) is 8.84. The highest BCUT2D eigenvalue weighted by Gasteiger charge is 2.43. The summed E-state index contributed by atoms with van der Waals surface area (Å²) < 4.78 is 50.5. The number of aliphatic hydroxyl groups excluding tert-OH is 1. The van der Waals surface area contributed by atoms with E-state index in [2.05, 4.69) is 28.0 Å². The molecule has 2 aliphatic rings. The zero-order valence-electron chi connectivity index (χ0n) is 29.2. The number of benzene rings is 3. The van der Waals surface area contributed by atoms with E-state index in [9.17, 15) is 13.5 Å². The second-order valence-corrected chi connectivity index (χ2v) is 15.2. The van der Waals surface area contributed by atoms with E-state index in [0.717, 1.165) is 59.6 Å². The number of aliphatic hydroxyl groups is 1. The predicted octanol–water partition coefficient (Wildman–Crippen LogP) is 5.49. The fourth-order valence-electron chi connectivity index (χ4n) is 7.18. The highest BCUT2D eigenvalue weighted by atomic mass is 32.2. The van der Waals surface area contributed by atoms with Crippen molar-refractivity contribution in [3.63, 3.8) is 0 Å². The predicted molar refractivity (Wildman–Crippen MR) is 192 cm³/mol. The van der Waals surface area contributed by atoms with E-state index >= 15 is 0 Å². The van der Waals surface area contributed by atoms with E-state index in [-0.39, 0.29) is 36.0 Å². The van der Waals surface area contributed by atoms with E-state index in [0.29, 0.717) is 32.7 Å².